The van der Waals surface area contributed by atoms with E-state index in [2.05, 4.69) is 10.3 Å². The van der Waals surface area contributed by atoms with E-state index in [4.69, 9.17) is 4.74 Å². The quantitative estimate of drug-likeness (QED) is 0.395. The molecular formula is C20H18N2O4S. The number of ether oxygens (including phenoxy) is 1. The van der Waals surface area contributed by atoms with Crippen LogP contribution in [0.25, 0.3) is 16.0 Å². The number of methoxy groups -OCH3 is 1. The molecule has 0 unspecified atom stereocenters. The minimum atomic E-state index is -0.866. The number of thiazole rings is 1. The van der Waals surface area contributed by atoms with E-state index >= 15 is 0 Å². The number of rotatable bonds is 5. The van der Waals surface area contributed by atoms with Crippen molar-refractivity contribution in [2.75, 3.05) is 12.4 Å². The van der Waals surface area contributed by atoms with Gasteiger partial charge in [0.1, 0.15) is 11.5 Å². The lowest BCUT2D eigenvalue weighted by molar-refractivity contribution is -0.131. The Morgan fingerprint density at radius 3 is 2.48 bits per heavy atom. The van der Waals surface area contributed by atoms with Gasteiger partial charge < -0.3 is 9.84 Å². The van der Waals surface area contributed by atoms with Crippen LogP contribution in [0.3, 0.4) is 0 Å². The molecule has 2 N–H and O–H groups in total. The van der Waals surface area contributed by atoms with Gasteiger partial charge in [-0.3, -0.25) is 14.9 Å². The minimum Gasteiger partial charge on any atom is -0.507 e. The largest absolute Gasteiger partial charge is 0.507 e. The third-order valence-corrected chi connectivity index (χ3v) is 5.04. The smallest absolute Gasteiger partial charge is 0.298 e. The van der Waals surface area contributed by atoms with Gasteiger partial charge in [0.05, 0.1) is 17.3 Å². The van der Waals surface area contributed by atoms with Gasteiger partial charge >= 0.3 is 0 Å². The molecule has 0 aliphatic rings. The Kier molecular flexibility index (Phi) is 5.23. The van der Waals surface area contributed by atoms with E-state index in [-0.39, 0.29) is 5.76 Å². The molecule has 1 amide bonds. The van der Waals surface area contributed by atoms with Gasteiger partial charge in [0.25, 0.3) is 5.91 Å². The molecule has 0 bridgehead atoms. The summed E-state index contributed by atoms with van der Waals surface area (Å²) in [5.41, 5.74) is 3.41. The molecule has 0 spiro atoms. The molecule has 0 fully saturated rings. The van der Waals surface area contributed by atoms with Gasteiger partial charge in [-0.25, -0.2) is 4.98 Å². The number of hydrogen-bond acceptors (Lipinski definition) is 6. The van der Waals surface area contributed by atoms with Crippen LogP contribution in [-0.2, 0) is 9.59 Å². The second kappa shape index (κ2) is 7.59. The Morgan fingerprint density at radius 2 is 1.81 bits per heavy atom. The summed E-state index contributed by atoms with van der Waals surface area (Å²) in [7, 11) is 1.53. The zero-order valence-electron chi connectivity index (χ0n) is 15.1. The molecule has 0 saturated carbocycles. The number of anilines is 1. The average molecular weight is 382 g/mol. The predicted octanol–water partition coefficient (Wildman–Crippen LogP) is 4.03. The summed E-state index contributed by atoms with van der Waals surface area (Å²) in [4.78, 5) is 28.5. The Hall–Kier alpha value is -3.19. The molecule has 0 atom stereocenters. The molecule has 0 saturated heterocycles. The van der Waals surface area contributed by atoms with Crippen molar-refractivity contribution in [2.45, 2.75) is 13.8 Å². The van der Waals surface area contributed by atoms with Crippen molar-refractivity contribution in [2.24, 2.45) is 0 Å². The van der Waals surface area contributed by atoms with Crippen molar-refractivity contribution in [3.05, 3.63) is 59.2 Å². The van der Waals surface area contributed by atoms with E-state index in [9.17, 15) is 14.7 Å². The highest BCUT2D eigenvalue weighted by Gasteiger charge is 2.16. The van der Waals surface area contributed by atoms with Gasteiger partial charge in [0.15, 0.2) is 5.13 Å². The topological polar surface area (TPSA) is 88.5 Å². The van der Waals surface area contributed by atoms with Crippen LogP contribution in [0.15, 0.2) is 42.5 Å². The van der Waals surface area contributed by atoms with Gasteiger partial charge in [-0.2, -0.15) is 0 Å². The van der Waals surface area contributed by atoms with Crippen LogP contribution >= 0.6 is 11.3 Å². The third kappa shape index (κ3) is 4.15. The number of carbonyl (C=O) groups excluding carboxylic acids is 2. The molecule has 1 heterocycles. The number of nitrogens with one attached hydrogen (secondary N) is 1. The average Bonchev–Trinajstić information content (AvgIpc) is 3.02. The first-order valence-electron chi connectivity index (χ1n) is 8.15. The molecular weight excluding hydrogens is 364 g/mol. The lowest BCUT2D eigenvalue weighted by Crippen LogP contribution is -2.21. The van der Waals surface area contributed by atoms with Gasteiger partial charge in [-0.05, 0) is 61.4 Å². The van der Waals surface area contributed by atoms with Crippen LogP contribution in [0.4, 0.5) is 5.13 Å². The highest BCUT2D eigenvalue weighted by Crippen LogP contribution is 2.28. The molecule has 2 aromatic carbocycles. The second-order valence-corrected chi connectivity index (χ2v) is 7.03. The van der Waals surface area contributed by atoms with Crippen molar-refractivity contribution in [3.63, 3.8) is 0 Å². The van der Waals surface area contributed by atoms with Crippen LogP contribution in [-0.4, -0.2) is 28.9 Å². The van der Waals surface area contributed by atoms with Crippen molar-refractivity contribution < 1.29 is 19.4 Å². The molecule has 3 aromatic rings. The monoisotopic (exact) mass is 382 g/mol. The summed E-state index contributed by atoms with van der Waals surface area (Å²) < 4.78 is 5.96. The van der Waals surface area contributed by atoms with Gasteiger partial charge in [0, 0.05) is 11.6 Å². The summed E-state index contributed by atoms with van der Waals surface area (Å²) in [5.74, 6) is -1.40. The fourth-order valence-electron chi connectivity index (χ4n) is 2.43. The first-order chi connectivity index (χ1) is 12.9. The summed E-state index contributed by atoms with van der Waals surface area (Å²) in [6.45, 7) is 3.99. The standard InChI is InChI=1S/C20H18N2O4S/c1-11-8-15-18(9-12(11)2)27-20(21-15)22-19(25)17(24)10-16(23)13-4-6-14(26-3)7-5-13/h4-10,23H,1-3H3,(H,21,22,25)/b16-10-. The number of aromatic nitrogens is 1. The number of fused-ring (bicyclic) bond motifs is 1. The van der Waals surface area contributed by atoms with Crippen molar-refractivity contribution in [3.8, 4) is 5.75 Å². The highest BCUT2D eigenvalue weighted by molar-refractivity contribution is 7.22. The van der Waals surface area contributed by atoms with E-state index in [1.165, 1.54) is 18.4 Å². The van der Waals surface area contributed by atoms with E-state index in [0.29, 0.717) is 16.4 Å². The molecule has 0 radical (unpaired) electrons. The fraction of sp³-hybridized carbons (Fsp3) is 0.150. The second-order valence-electron chi connectivity index (χ2n) is 6.00. The Bertz CT molecular complexity index is 1010. The molecule has 7 heteroatoms. The fourth-order valence-corrected chi connectivity index (χ4v) is 3.37. The van der Waals surface area contributed by atoms with E-state index in [1.807, 2.05) is 26.0 Å². The molecule has 27 heavy (non-hydrogen) atoms. The van der Waals surface area contributed by atoms with Gasteiger partial charge in [0.2, 0.25) is 5.78 Å². The number of aryl methyl sites for hydroxylation is 2. The number of aliphatic hydroxyl groups is 1. The first-order valence-corrected chi connectivity index (χ1v) is 8.97. The minimum absolute atomic E-state index is 0.298. The van der Waals surface area contributed by atoms with Crippen LogP contribution in [0.1, 0.15) is 16.7 Å². The predicted molar refractivity (Wildman–Crippen MR) is 106 cm³/mol. The number of amides is 1. The molecule has 138 valence electrons. The molecule has 1 aromatic heterocycles. The van der Waals surface area contributed by atoms with E-state index in [1.54, 1.807) is 24.3 Å². The van der Waals surface area contributed by atoms with E-state index in [0.717, 1.165) is 27.4 Å². The number of benzene rings is 2. The summed E-state index contributed by atoms with van der Waals surface area (Å²) in [6, 6.07) is 10.4. The first kappa shape index (κ1) is 18.6. The van der Waals surface area contributed by atoms with Crippen molar-refractivity contribution in [1.82, 2.24) is 4.98 Å². The number of ketones is 1. The zero-order chi connectivity index (χ0) is 19.6. The Morgan fingerprint density at radius 1 is 1.15 bits per heavy atom. The zero-order valence-corrected chi connectivity index (χ0v) is 15.9. The van der Waals surface area contributed by atoms with Crippen molar-refractivity contribution >= 4 is 44.1 Å². The molecule has 0 aliphatic heterocycles. The number of carbonyl (C=O) groups is 2. The summed E-state index contributed by atoms with van der Waals surface area (Å²) >= 11 is 1.29. The SMILES string of the molecule is COc1ccc(/C(O)=C/C(=O)C(=O)Nc2nc3cc(C)c(C)cc3s2)cc1. The normalized spacial score (nSPS) is 11.4. The number of hydrogen-bond donors (Lipinski definition) is 2. The molecule has 0 aliphatic carbocycles. The van der Waals surface area contributed by atoms with Crippen LogP contribution in [0.2, 0.25) is 0 Å². The van der Waals surface area contributed by atoms with Crippen LogP contribution in [0.5, 0.6) is 5.75 Å². The maximum Gasteiger partial charge on any atom is 0.298 e. The van der Waals surface area contributed by atoms with Gasteiger partial charge in [-0.1, -0.05) is 11.3 Å². The highest BCUT2D eigenvalue weighted by atomic mass is 32.1. The lowest BCUT2D eigenvalue weighted by Gasteiger charge is -2.03. The lowest BCUT2D eigenvalue weighted by atomic mass is 10.1. The third-order valence-electron chi connectivity index (χ3n) is 4.10. The Balaban J connectivity index is 1.74. The van der Waals surface area contributed by atoms with E-state index < -0.39 is 11.7 Å². The van der Waals surface area contributed by atoms with Crippen molar-refractivity contribution in [1.29, 1.82) is 0 Å². The Labute approximate surface area is 160 Å². The molecule has 3 rings (SSSR count). The van der Waals surface area contributed by atoms with Crippen LogP contribution in [0, 0.1) is 13.8 Å². The number of aliphatic hydroxyl groups excluding tert-OH is 1. The maximum atomic E-state index is 12.1. The van der Waals surface area contributed by atoms with Crippen LogP contribution < -0.4 is 10.1 Å². The van der Waals surface area contributed by atoms with Gasteiger partial charge in [-0.15, -0.1) is 0 Å². The summed E-state index contributed by atoms with van der Waals surface area (Å²) in [5, 5.41) is 12.9. The summed E-state index contributed by atoms with van der Waals surface area (Å²) in [6.07, 6.45) is 0.888. The maximum absolute atomic E-state index is 12.1. The molecule has 6 nitrogen and oxygen atoms in total. The number of nitrogens with zero attached hydrogens (tertiary/aromatic N) is 1.